The fourth-order valence-electron chi connectivity index (χ4n) is 1.61. The van der Waals surface area contributed by atoms with E-state index in [4.69, 9.17) is 15.7 Å². The summed E-state index contributed by atoms with van der Waals surface area (Å²) in [6.07, 6.45) is 1.45. The average Bonchev–Trinajstić information content (AvgIpc) is 2.82. The van der Waals surface area contributed by atoms with Crippen LogP contribution in [0.4, 0.5) is 0 Å². The molecule has 1 atom stereocenters. The van der Waals surface area contributed by atoms with Crippen molar-refractivity contribution in [2.24, 2.45) is 5.73 Å². The molecular formula is C13H16N6O. The van der Waals surface area contributed by atoms with E-state index in [9.17, 15) is 0 Å². The van der Waals surface area contributed by atoms with Gasteiger partial charge in [-0.1, -0.05) is 0 Å². The second kappa shape index (κ2) is 5.67. The molecule has 104 valence electrons. The van der Waals surface area contributed by atoms with Gasteiger partial charge in [0, 0.05) is 6.20 Å². The summed E-state index contributed by atoms with van der Waals surface area (Å²) in [5.74, 6) is 1.10. The molecule has 0 unspecified atom stereocenters. The number of hydrogen-bond acceptors (Lipinski definition) is 6. The van der Waals surface area contributed by atoms with Crippen LogP contribution in [-0.4, -0.2) is 25.9 Å². The van der Waals surface area contributed by atoms with E-state index < -0.39 is 0 Å². The number of pyridine rings is 1. The second-order valence-corrected chi connectivity index (χ2v) is 4.64. The maximum atomic E-state index is 8.78. The average molecular weight is 272 g/mol. The molecular weight excluding hydrogens is 256 g/mol. The molecule has 0 bridgehead atoms. The summed E-state index contributed by atoms with van der Waals surface area (Å²) in [6, 6.07) is 5.32. The van der Waals surface area contributed by atoms with Crippen molar-refractivity contribution in [2.45, 2.75) is 32.9 Å². The van der Waals surface area contributed by atoms with E-state index in [1.165, 1.54) is 10.9 Å². The van der Waals surface area contributed by atoms with Gasteiger partial charge in [-0.25, -0.2) is 4.98 Å². The van der Waals surface area contributed by atoms with Gasteiger partial charge >= 0.3 is 6.01 Å². The minimum absolute atomic E-state index is 0.0271. The Bertz CT molecular complexity index is 623. The molecule has 2 heterocycles. The molecule has 0 aliphatic carbocycles. The smallest absolute Gasteiger partial charge is 0.336 e. The summed E-state index contributed by atoms with van der Waals surface area (Å²) >= 11 is 0. The molecule has 0 saturated carbocycles. The summed E-state index contributed by atoms with van der Waals surface area (Å²) in [7, 11) is 0. The van der Waals surface area contributed by atoms with Crippen molar-refractivity contribution in [1.29, 1.82) is 5.26 Å². The van der Waals surface area contributed by atoms with Crippen molar-refractivity contribution in [2.75, 3.05) is 0 Å². The molecule has 2 aromatic heterocycles. The fraction of sp³-hybridized carbons (Fsp3) is 0.385. The largest absolute Gasteiger partial charge is 0.460 e. The van der Waals surface area contributed by atoms with Gasteiger partial charge in [-0.2, -0.15) is 14.9 Å². The summed E-state index contributed by atoms with van der Waals surface area (Å²) < 4.78 is 7.00. The van der Waals surface area contributed by atoms with Gasteiger partial charge in [0.25, 0.3) is 0 Å². The van der Waals surface area contributed by atoms with Crippen LogP contribution in [0, 0.1) is 11.3 Å². The highest BCUT2D eigenvalue weighted by Crippen LogP contribution is 2.17. The van der Waals surface area contributed by atoms with Gasteiger partial charge in [-0.3, -0.25) is 0 Å². The minimum atomic E-state index is -0.315. The molecule has 0 spiro atoms. The molecule has 2 N–H and O–H groups in total. The lowest BCUT2D eigenvalue weighted by Crippen LogP contribution is -2.14. The fourth-order valence-corrected chi connectivity index (χ4v) is 1.61. The number of ether oxygens (including phenoxy) is 1. The highest BCUT2D eigenvalue weighted by atomic mass is 16.5. The van der Waals surface area contributed by atoms with Gasteiger partial charge in [0.05, 0.1) is 17.7 Å². The van der Waals surface area contributed by atoms with E-state index in [2.05, 4.69) is 15.1 Å². The van der Waals surface area contributed by atoms with Crippen LogP contribution in [0.3, 0.4) is 0 Å². The maximum Gasteiger partial charge on any atom is 0.336 e. The van der Waals surface area contributed by atoms with E-state index in [1.807, 2.05) is 26.8 Å². The Hall–Kier alpha value is -2.46. The van der Waals surface area contributed by atoms with Gasteiger partial charge in [0.1, 0.15) is 6.07 Å². The monoisotopic (exact) mass is 272 g/mol. The first kappa shape index (κ1) is 14.0. The normalized spacial score (nSPS) is 12.2. The topological polar surface area (TPSA) is 103 Å². The minimum Gasteiger partial charge on any atom is -0.460 e. The Labute approximate surface area is 117 Å². The van der Waals surface area contributed by atoms with Gasteiger partial charge in [0.2, 0.25) is 0 Å². The van der Waals surface area contributed by atoms with E-state index >= 15 is 0 Å². The van der Waals surface area contributed by atoms with Gasteiger partial charge in [-0.05, 0) is 32.9 Å². The van der Waals surface area contributed by atoms with Crippen LogP contribution in [-0.2, 0) is 0 Å². The molecule has 0 aromatic carbocycles. The van der Waals surface area contributed by atoms with E-state index in [-0.39, 0.29) is 18.2 Å². The maximum absolute atomic E-state index is 8.78. The number of nitrogens with two attached hydrogens (primary N) is 1. The van der Waals surface area contributed by atoms with E-state index in [1.54, 1.807) is 12.1 Å². The molecule has 7 nitrogen and oxygen atoms in total. The molecule has 0 radical (unpaired) electrons. The van der Waals surface area contributed by atoms with E-state index in [0.717, 1.165) is 0 Å². The van der Waals surface area contributed by atoms with Crippen LogP contribution in [0.2, 0.25) is 0 Å². The van der Waals surface area contributed by atoms with Crippen molar-refractivity contribution in [1.82, 2.24) is 19.7 Å². The van der Waals surface area contributed by atoms with Crippen molar-refractivity contribution >= 4 is 0 Å². The van der Waals surface area contributed by atoms with Crippen LogP contribution < -0.4 is 10.5 Å². The lowest BCUT2D eigenvalue weighted by atomic mass is 10.3. The molecule has 0 aliphatic heterocycles. The summed E-state index contributed by atoms with van der Waals surface area (Å²) in [5.41, 5.74) is 6.37. The lowest BCUT2D eigenvalue weighted by Gasteiger charge is -2.06. The van der Waals surface area contributed by atoms with Crippen molar-refractivity contribution in [3.05, 3.63) is 29.7 Å². The zero-order valence-electron chi connectivity index (χ0n) is 11.6. The quantitative estimate of drug-likeness (QED) is 0.900. The van der Waals surface area contributed by atoms with Crippen molar-refractivity contribution < 1.29 is 4.74 Å². The first-order valence-corrected chi connectivity index (χ1v) is 6.27. The third-order valence-corrected chi connectivity index (χ3v) is 2.46. The van der Waals surface area contributed by atoms with Gasteiger partial charge in [0.15, 0.2) is 11.6 Å². The van der Waals surface area contributed by atoms with Gasteiger partial charge in [-0.15, -0.1) is 5.10 Å². The number of hydrogen-bond donors (Lipinski definition) is 1. The SMILES string of the molecule is CC(C)Oc1nc([C@@H](C)N)n(-c2ccc(C#N)cn2)n1. The lowest BCUT2D eigenvalue weighted by molar-refractivity contribution is 0.222. The highest BCUT2D eigenvalue weighted by molar-refractivity contribution is 5.32. The molecule has 0 fully saturated rings. The van der Waals surface area contributed by atoms with Crippen molar-refractivity contribution in [3.63, 3.8) is 0 Å². The number of nitrogens with zero attached hydrogens (tertiary/aromatic N) is 5. The summed E-state index contributed by atoms with van der Waals surface area (Å²) in [5, 5.41) is 13.0. The van der Waals surface area contributed by atoms with Crippen molar-refractivity contribution in [3.8, 4) is 17.9 Å². The standard InChI is InChI=1S/C13H16N6O/c1-8(2)20-13-17-12(9(3)15)19(18-13)11-5-4-10(6-14)7-16-11/h4-5,7-9H,15H2,1-3H3/t9-/m1/s1. The Balaban J connectivity index is 2.42. The highest BCUT2D eigenvalue weighted by Gasteiger charge is 2.17. The second-order valence-electron chi connectivity index (χ2n) is 4.64. The zero-order valence-corrected chi connectivity index (χ0v) is 11.6. The van der Waals surface area contributed by atoms with Gasteiger partial charge < -0.3 is 10.5 Å². The van der Waals surface area contributed by atoms with Crippen LogP contribution in [0.5, 0.6) is 6.01 Å². The Morgan fingerprint density at radius 2 is 2.10 bits per heavy atom. The number of nitriles is 1. The molecule has 0 aliphatic rings. The predicted molar refractivity (Wildman–Crippen MR) is 72.2 cm³/mol. The molecule has 20 heavy (non-hydrogen) atoms. The van der Waals surface area contributed by atoms with Crippen LogP contribution >= 0.6 is 0 Å². The number of rotatable bonds is 4. The van der Waals surface area contributed by atoms with Crippen LogP contribution in [0.25, 0.3) is 5.82 Å². The first-order valence-electron chi connectivity index (χ1n) is 6.27. The zero-order chi connectivity index (χ0) is 14.7. The molecule has 0 saturated heterocycles. The third kappa shape index (κ3) is 2.92. The summed E-state index contributed by atoms with van der Waals surface area (Å²) in [4.78, 5) is 8.45. The first-order chi connectivity index (χ1) is 9.51. The van der Waals surface area contributed by atoms with Crippen LogP contribution in [0.15, 0.2) is 18.3 Å². The Morgan fingerprint density at radius 3 is 2.60 bits per heavy atom. The molecule has 2 aromatic rings. The third-order valence-electron chi connectivity index (χ3n) is 2.46. The molecule has 7 heteroatoms. The Morgan fingerprint density at radius 1 is 1.35 bits per heavy atom. The summed E-state index contributed by atoms with van der Waals surface area (Å²) in [6.45, 7) is 5.60. The number of aromatic nitrogens is 4. The van der Waals surface area contributed by atoms with E-state index in [0.29, 0.717) is 17.2 Å². The van der Waals surface area contributed by atoms with Crippen LogP contribution in [0.1, 0.15) is 38.2 Å². The molecule has 2 rings (SSSR count). The molecule has 0 amide bonds. The Kier molecular flexibility index (Phi) is 3.96. The predicted octanol–water partition coefficient (Wildman–Crippen LogP) is 1.34.